The smallest absolute Gasteiger partial charge is 0.318 e. The molecule has 0 N–H and O–H groups in total. The van der Waals surface area contributed by atoms with Gasteiger partial charge in [0.05, 0.1) is 17.3 Å². The summed E-state index contributed by atoms with van der Waals surface area (Å²) >= 11 is 6.70. The summed E-state index contributed by atoms with van der Waals surface area (Å²) in [4.78, 5) is 21.6. The molecule has 0 radical (unpaired) electrons. The van der Waals surface area contributed by atoms with E-state index in [-0.39, 0.29) is 0 Å². The molecular formula is C31H33ClN6O. The fourth-order valence-electron chi connectivity index (χ4n) is 6.38. The molecule has 2 aromatic carbocycles. The molecule has 3 aliphatic heterocycles. The maximum Gasteiger partial charge on any atom is 0.318 e. The average Bonchev–Trinajstić information content (AvgIpc) is 3.39. The fraction of sp³-hybridized carbons (Fsp3) is 0.387. The molecule has 200 valence electrons. The SMILES string of the molecule is CN1CCC[C@H]1COc1nc2c(c(N3CCc4cnccc4C3)n1)CCN(c1cccc3cccc(Cl)c13)C2. The van der Waals surface area contributed by atoms with Crippen molar-refractivity contribution >= 4 is 33.9 Å². The molecule has 2 aromatic heterocycles. The Kier molecular flexibility index (Phi) is 6.49. The highest BCUT2D eigenvalue weighted by Gasteiger charge is 2.29. The minimum Gasteiger partial charge on any atom is -0.462 e. The number of ether oxygens (including phenoxy) is 1. The lowest BCUT2D eigenvalue weighted by molar-refractivity contribution is 0.187. The molecule has 8 heteroatoms. The molecule has 0 spiro atoms. The first-order valence-corrected chi connectivity index (χ1v) is 14.3. The van der Waals surface area contributed by atoms with Crippen LogP contribution in [0.15, 0.2) is 54.9 Å². The second-order valence-electron chi connectivity index (χ2n) is 10.9. The fourth-order valence-corrected chi connectivity index (χ4v) is 6.66. The van der Waals surface area contributed by atoms with Gasteiger partial charge in [-0.25, -0.2) is 0 Å². The van der Waals surface area contributed by atoms with Crippen LogP contribution in [0.2, 0.25) is 5.02 Å². The summed E-state index contributed by atoms with van der Waals surface area (Å²) in [7, 11) is 2.17. The molecule has 0 unspecified atom stereocenters. The third-order valence-electron chi connectivity index (χ3n) is 8.59. The van der Waals surface area contributed by atoms with Crippen molar-refractivity contribution in [2.45, 2.75) is 44.8 Å². The molecule has 5 heterocycles. The normalized spacial score (nSPS) is 19.3. The van der Waals surface area contributed by atoms with Crippen molar-refractivity contribution in [1.82, 2.24) is 19.9 Å². The number of fused-ring (bicyclic) bond motifs is 3. The molecule has 4 aromatic rings. The van der Waals surface area contributed by atoms with Crippen LogP contribution in [0.1, 0.15) is 35.2 Å². The van der Waals surface area contributed by atoms with Crippen molar-refractivity contribution in [2.75, 3.05) is 43.1 Å². The van der Waals surface area contributed by atoms with E-state index >= 15 is 0 Å². The zero-order valence-electron chi connectivity index (χ0n) is 22.3. The Bertz CT molecular complexity index is 1520. The number of halogens is 1. The zero-order valence-corrected chi connectivity index (χ0v) is 23.1. The van der Waals surface area contributed by atoms with Crippen molar-refractivity contribution in [3.8, 4) is 6.01 Å². The van der Waals surface area contributed by atoms with Crippen LogP contribution >= 0.6 is 11.6 Å². The van der Waals surface area contributed by atoms with Crippen LogP contribution in [0.25, 0.3) is 10.8 Å². The van der Waals surface area contributed by atoms with E-state index in [9.17, 15) is 0 Å². The van der Waals surface area contributed by atoms with Gasteiger partial charge in [0.2, 0.25) is 0 Å². The monoisotopic (exact) mass is 540 g/mol. The number of hydrogen-bond donors (Lipinski definition) is 0. The van der Waals surface area contributed by atoms with Gasteiger partial charge in [0.15, 0.2) is 0 Å². The average molecular weight is 541 g/mol. The standard InChI is InChI=1S/C31H33ClN6O/c1-36-14-4-7-24(36)20-39-31-34-27-19-37(28-9-3-6-21-5-2-8-26(32)29(21)28)16-12-25(27)30(35-31)38-15-11-22-17-33-13-10-23(22)18-38/h2-3,5-6,8-10,13,17,24H,4,7,11-12,14-16,18-20H2,1H3/t24-/m0/s1. The van der Waals surface area contributed by atoms with Crippen molar-refractivity contribution in [1.29, 1.82) is 0 Å². The lowest BCUT2D eigenvalue weighted by Gasteiger charge is -2.36. The van der Waals surface area contributed by atoms with Crippen LogP contribution in [0.5, 0.6) is 6.01 Å². The first-order valence-electron chi connectivity index (χ1n) is 14.0. The Morgan fingerprint density at radius 1 is 0.949 bits per heavy atom. The van der Waals surface area contributed by atoms with Crippen LogP contribution in [-0.4, -0.2) is 59.2 Å². The van der Waals surface area contributed by atoms with E-state index in [2.05, 4.69) is 57.1 Å². The third kappa shape index (κ3) is 4.68. The second kappa shape index (κ2) is 10.3. The Morgan fingerprint density at radius 3 is 2.69 bits per heavy atom. The number of nitrogens with zero attached hydrogens (tertiary/aromatic N) is 6. The summed E-state index contributed by atoms with van der Waals surface area (Å²) in [5.41, 5.74) is 6.09. The van der Waals surface area contributed by atoms with Gasteiger partial charge in [-0.3, -0.25) is 4.98 Å². The summed E-state index contributed by atoms with van der Waals surface area (Å²) in [6, 6.07) is 15.6. The Morgan fingerprint density at radius 2 is 1.82 bits per heavy atom. The second-order valence-corrected chi connectivity index (χ2v) is 11.4. The molecule has 1 saturated heterocycles. The quantitative estimate of drug-likeness (QED) is 0.341. The van der Waals surface area contributed by atoms with Crippen molar-refractivity contribution in [2.24, 2.45) is 0 Å². The maximum atomic E-state index is 6.70. The van der Waals surface area contributed by atoms with Gasteiger partial charge >= 0.3 is 6.01 Å². The van der Waals surface area contributed by atoms with Crippen molar-refractivity contribution in [3.05, 3.63) is 82.3 Å². The molecule has 0 amide bonds. The highest BCUT2D eigenvalue weighted by Crippen LogP contribution is 2.37. The minimum absolute atomic E-state index is 0.414. The van der Waals surface area contributed by atoms with E-state index in [1.165, 1.54) is 23.1 Å². The Hall–Kier alpha value is -3.42. The highest BCUT2D eigenvalue weighted by atomic mass is 35.5. The highest BCUT2D eigenvalue weighted by molar-refractivity contribution is 6.36. The summed E-state index contributed by atoms with van der Waals surface area (Å²) in [5.74, 6) is 1.02. The predicted octanol–water partition coefficient (Wildman–Crippen LogP) is 5.28. The zero-order chi connectivity index (χ0) is 26.3. The predicted molar refractivity (Wildman–Crippen MR) is 156 cm³/mol. The van der Waals surface area contributed by atoms with E-state index in [0.717, 1.165) is 78.4 Å². The van der Waals surface area contributed by atoms with Crippen LogP contribution in [0.3, 0.4) is 0 Å². The number of aromatic nitrogens is 3. The molecule has 1 atom stereocenters. The Labute approximate surface area is 234 Å². The van der Waals surface area contributed by atoms with E-state index in [4.69, 9.17) is 26.3 Å². The van der Waals surface area contributed by atoms with Gasteiger partial charge in [-0.15, -0.1) is 0 Å². The summed E-state index contributed by atoms with van der Waals surface area (Å²) in [5, 5.41) is 3.03. The minimum atomic E-state index is 0.414. The van der Waals surface area contributed by atoms with Gasteiger partial charge in [-0.2, -0.15) is 9.97 Å². The maximum absolute atomic E-state index is 6.70. The van der Waals surface area contributed by atoms with E-state index in [1.807, 2.05) is 24.5 Å². The van der Waals surface area contributed by atoms with E-state index < -0.39 is 0 Å². The topological polar surface area (TPSA) is 57.6 Å². The summed E-state index contributed by atoms with van der Waals surface area (Å²) in [6.45, 7) is 5.06. The largest absolute Gasteiger partial charge is 0.462 e. The molecule has 1 fully saturated rings. The summed E-state index contributed by atoms with van der Waals surface area (Å²) in [6.07, 6.45) is 8.09. The first kappa shape index (κ1) is 24.6. The molecule has 7 rings (SSSR count). The van der Waals surface area contributed by atoms with Crippen LogP contribution in [-0.2, 0) is 25.9 Å². The first-order chi connectivity index (χ1) is 19.1. The molecule has 0 aliphatic carbocycles. The number of likely N-dealkylation sites (tertiary alicyclic amines) is 1. The van der Waals surface area contributed by atoms with Crippen LogP contribution < -0.4 is 14.5 Å². The van der Waals surface area contributed by atoms with Crippen molar-refractivity contribution in [3.63, 3.8) is 0 Å². The van der Waals surface area contributed by atoms with Gasteiger partial charge in [0.25, 0.3) is 0 Å². The number of benzene rings is 2. The van der Waals surface area contributed by atoms with Crippen LogP contribution in [0.4, 0.5) is 11.5 Å². The number of likely N-dealkylation sites (N-methyl/N-ethyl adjacent to an activating group) is 1. The Balaban J connectivity index is 1.24. The van der Waals surface area contributed by atoms with Gasteiger partial charge < -0.3 is 19.4 Å². The van der Waals surface area contributed by atoms with E-state index in [1.54, 1.807) is 0 Å². The molecule has 39 heavy (non-hydrogen) atoms. The number of anilines is 2. The molecular weight excluding hydrogens is 508 g/mol. The van der Waals surface area contributed by atoms with E-state index in [0.29, 0.717) is 25.2 Å². The van der Waals surface area contributed by atoms with Gasteiger partial charge in [-0.05, 0) is 74.0 Å². The molecule has 7 nitrogen and oxygen atoms in total. The van der Waals surface area contributed by atoms with Gasteiger partial charge in [-0.1, -0.05) is 35.9 Å². The lowest BCUT2D eigenvalue weighted by atomic mass is 9.99. The number of pyridine rings is 1. The molecule has 0 saturated carbocycles. The van der Waals surface area contributed by atoms with Crippen LogP contribution in [0, 0.1) is 0 Å². The molecule has 3 aliphatic rings. The lowest BCUT2D eigenvalue weighted by Crippen LogP contribution is -2.37. The number of hydrogen-bond acceptors (Lipinski definition) is 7. The number of rotatable bonds is 5. The van der Waals surface area contributed by atoms with Gasteiger partial charge in [0, 0.05) is 54.7 Å². The molecule has 0 bridgehead atoms. The third-order valence-corrected chi connectivity index (χ3v) is 8.90. The summed E-state index contributed by atoms with van der Waals surface area (Å²) < 4.78 is 6.32. The van der Waals surface area contributed by atoms with Crippen molar-refractivity contribution < 1.29 is 4.74 Å². The van der Waals surface area contributed by atoms with Gasteiger partial charge in [0.1, 0.15) is 12.4 Å².